The van der Waals surface area contributed by atoms with E-state index in [1.807, 2.05) is 12.3 Å². The molecule has 2 aliphatic rings. The maximum atomic E-state index is 11.9. The van der Waals surface area contributed by atoms with Crippen molar-refractivity contribution in [3.63, 3.8) is 0 Å². The summed E-state index contributed by atoms with van der Waals surface area (Å²) in [5.41, 5.74) is 2.61. The highest BCUT2D eigenvalue weighted by Crippen LogP contribution is 2.26. The van der Waals surface area contributed by atoms with Crippen molar-refractivity contribution in [3.8, 4) is 0 Å². The molecule has 1 saturated heterocycles. The summed E-state index contributed by atoms with van der Waals surface area (Å²) in [5.74, 6) is 0.223. The number of aromatic nitrogens is 1. The van der Waals surface area contributed by atoms with Gasteiger partial charge in [0.1, 0.15) is 0 Å². The predicted molar refractivity (Wildman–Crippen MR) is 92.1 cm³/mol. The van der Waals surface area contributed by atoms with E-state index in [9.17, 15) is 4.79 Å². The van der Waals surface area contributed by atoms with Gasteiger partial charge in [-0.1, -0.05) is 12.1 Å². The predicted octanol–water partition coefficient (Wildman–Crippen LogP) is 2.66. The smallest absolute Gasteiger partial charge is 0.219 e. The Morgan fingerprint density at radius 1 is 1.30 bits per heavy atom. The lowest BCUT2D eigenvalue weighted by Crippen LogP contribution is -2.47. The Labute approximate surface area is 139 Å². The van der Waals surface area contributed by atoms with E-state index in [0.29, 0.717) is 6.04 Å². The molecule has 124 valence electrons. The Morgan fingerprint density at radius 3 is 3.00 bits per heavy atom. The first-order valence-corrected chi connectivity index (χ1v) is 8.82. The number of hydrogen-bond acceptors (Lipinski definition) is 3. The van der Waals surface area contributed by atoms with Crippen LogP contribution in [-0.4, -0.2) is 52.9 Å². The van der Waals surface area contributed by atoms with Crippen molar-refractivity contribution < 1.29 is 4.79 Å². The van der Waals surface area contributed by atoms with Gasteiger partial charge in [-0.2, -0.15) is 0 Å². The Kier molecular flexibility index (Phi) is 5.44. The van der Waals surface area contributed by atoms with Gasteiger partial charge >= 0.3 is 0 Å². The van der Waals surface area contributed by atoms with Gasteiger partial charge in [0, 0.05) is 51.4 Å². The molecule has 0 spiro atoms. The van der Waals surface area contributed by atoms with E-state index in [1.165, 1.54) is 12.0 Å². The summed E-state index contributed by atoms with van der Waals surface area (Å²) < 4.78 is 0. The van der Waals surface area contributed by atoms with Gasteiger partial charge in [0.15, 0.2) is 0 Å². The van der Waals surface area contributed by atoms with Crippen molar-refractivity contribution >= 4 is 5.91 Å². The summed E-state index contributed by atoms with van der Waals surface area (Å²) in [6, 6.07) is 6.44. The highest BCUT2D eigenvalue weighted by molar-refractivity contribution is 5.74. The van der Waals surface area contributed by atoms with Gasteiger partial charge < -0.3 is 4.90 Å². The van der Waals surface area contributed by atoms with E-state index in [4.69, 9.17) is 0 Å². The Morgan fingerprint density at radius 2 is 2.22 bits per heavy atom. The van der Waals surface area contributed by atoms with E-state index >= 15 is 0 Å². The van der Waals surface area contributed by atoms with Crippen molar-refractivity contribution in [3.05, 3.63) is 41.7 Å². The molecule has 4 nitrogen and oxygen atoms in total. The second-order valence-corrected chi connectivity index (χ2v) is 6.64. The summed E-state index contributed by atoms with van der Waals surface area (Å²) in [4.78, 5) is 20.9. The minimum Gasteiger partial charge on any atom is -0.336 e. The summed E-state index contributed by atoms with van der Waals surface area (Å²) >= 11 is 0. The number of hydrogen-bond donors (Lipinski definition) is 0. The molecule has 2 aliphatic heterocycles. The fourth-order valence-electron chi connectivity index (χ4n) is 3.78. The summed E-state index contributed by atoms with van der Waals surface area (Å²) in [6.07, 6.45) is 9.84. The molecule has 0 bridgehead atoms. The lowest BCUT2D eigenvalue weighted by atomic mass is 9.92. The first-order chi connectivity index (χ1) is 11.2. The third-order valence-electron chi connectivity index (χ3n) is 5.00. The Balaban J connectivity index is 1.59. The zero-order valence-electron chi connectivity index (χ0n) is 14.1. The monoisotopic (exact) mass is 313 g/mol. The third kappa shape index (κ3) is 4.20. The number of rotatable bonds is 4. The molecule has 1 atom stereocenters. The molecular weight excluding hydrogens is 286 g/mol. The second kappa shape index (κ2) is 7.73. The highest BCUT2D eigenvalue weighted by atomic mass is 16.2. The van der Waals surface area contributed by atoms with Gasteiger partial charge in [0.2, 0.25) is 5.91 Å². The SMILES string of the molecule is CC(=O)N1CCCCC1C1=CCCN(CCc2ccccn2)C1. The Hall–Kier alpha value is -1.68. The van der Waals surface area contributed by atoms with Crippen molar-refractivity contribution in [2.24, 2.45) is 0 Å². The zero-order valence-corrected chi connectivity index (χ0v) is 14.1. The van der Waals surface area contributed by atoms with E-state index in [-0.39, 0.29) is 5.91 Å². The fraction of sp³-hybridized carbons (Fsp3) is 0.579. The van der Waals surface area contributed by atoms with Crippen LogP contribution in [0.5, 0.6) is 0 Å². The molecule has 4 heteroatoms. The van der Waals surface area contributed by atoms with Crippen molar-refractivity contribution in [1.29, 1.82) is 0 Å². The molecule has 1 aromatic rings. The molecule has 0 radical (unpaired) electrons. The van der Waals surface area contributed by atoms with Gasteiger partial charge in [0.25, 0.3) is 0 Å². The van der Waals surface area contributed by atoms with Crippen LogP contribution in [0, 0.1) is 0 Å². The van der Waals surface area contributed by atoms with Crippen LogP contribution >= 0.6 is 0 Å². The molecule has 1 amide bonds. The average Bonchev–Trinajstić information content (AvgIpc) is 2.61. The van der Waals surface area contributed by atoms with E-state index in [1.54, 1.807) is 6.92 Å². The average molecular weight is 313 g/mol. The molecule has 1 fully saturated rings. The Bertz CT molecular complexity index is 555. The van der Waals surface area contributed by atoms with Crippen LogP contribution in [0.3, 0.4) is 0 Å². The van der Waals surface area contributed by atoms with Gasteiger partial charge in [-0.05, 0) is 43.4 Å². The molecule has 0 aliphatic carbocycles. The first-order valence-electron chi connectivity index (χ1n) is 8.82. The molecule has 3 heterocycles. The minimum absolute atomic E-state index is 0.223. The van der Waals surface area contributed by atoms with Gasteiger partial charge in [-0.3, -0.25) is 14.7 Å². The van der Waals surface area contributed by atoms with E-state index in [0.717, 1.165) is 57.6 Å². The summed E-state index contributed by atoms with van der Waals surface area (Å²) in [5, 5.41) is 0. The van der Waals surface area contributed by atoms with Crippen LogP contribution in [-0.2, 0) is 11.2 Å². The van der Waals surface area contributed by atoms with Crippen molar-refractivity contribution in [2.45, 2.75) is 45.1 Å². The van der Waals surface area contributed by atoms with Gasteiger partial charge in [-0.15, -0.1) is 0 Å². The van der Waals surface area contributed by atoms with Crippen LogP contribution in [0.25, 0.3) is 0 Å². The maximum absolute atomic E-state index is 11.9. The summed E-state index contributed by atoms with van der Waals surface area (Å²) in [7, 11) is 0. The van der Waals surface area contributed by atoms with Gasteiger partial charge in [-0.25, -0.2) is 0 Å². The molecule has 1 unspecified atom stereocenters. The van der Waals surface area contributed by atoms with Crippen LogP contribution < -0.4 is 0 Å². The maximum Gasteiger partial charge on any atom is 0.219 e. The highest BCUT2D eigenvalue weighted by Gasteiger charge is 2.29. The third-order valence-corrected chi connectivity index (χ3v) is 5.00. The number of amides is 1. The molecule has 23 heavy (non-hydrogen) atoms. The number of piperidine rings is 1. The van der Waals surface area contributed by atoms with Crippen LogP contribution in [0.15, 0.2) is 36.0 Å². The number of nitrogens with zero attached hydrogens (tertiary/aromatic N) is 3. The topological polar surface area (TPSA) is 36.4 Å². The second-order valence-electron chi connectivity index (χ2n) is 6.64. The number of pyridine rings is 1. The fourth-order valence-corrected chi connectivity index (χ4v) is 3.78. The largest absolute Gasteiger partial charge is 0.336 e. The standard InChI is InChI=1S/C19H27N3O/c1-16(23)22-13-5-3-9-19(22)17-7-6-12-21(15-17)14-10-18-8-2-4-11-20-18/h2,4,7-8,11,19H,3,5-6,9-10,12-15H2,1H3. The number of carbonyl (C=O) groups is 1. The van der Waals surface area contributed by atoms with Crippen LogP contribution in [0.4, 0.5) is 0 Å². The normalized spacial score (nSPS) is 22.7. The van der Waals surface area contributed by atoms with Crippen LogP contribution in [0.2, 0.25) is 0 Å². The van der Waals surface area contributed by atoms with Gasteiger partial charge in [0.05, 0.1) is 6.04 Å². The minimum atomic E-state index is 0.223. The molecule has 1 aromatic heterocycles. The number of likely N-dealkylation sites (tertiary alicyclic amines) is 1. The van der Waals surface area contributed by atoms with Crippen molar-refractivity contribution in [2.75, 3.05) is 26.2 Å². The molecule has 3 rings (SSSR count). The zero-order chi connectivity index (χ0) is 16.1. The van der Waals surface area contributed by atoms with Crippen LogP contribution in [0.1, 0.15) is 38.3 Å². The van der Waals surface area contributed by atoms with E-state index < -0.39 is 0 Å². The lowest BCUT2D eigenvalue weighted by molar-refractivity contribution is -0.131. The lowest BCUT2D eigenvalue weighted by Gasteiger charge is -2.40. The molecular formula is C19H27N3O. The summed E-state index contributed by atoms with van der Waals surface area (Å²) in [6.45, 7) is 5.79. The van der Waals surface area contributed by atoms with Crippen molar-refractivity contribution in [1.82, 2.24) is 14.8 Å². The first kappa shape index (κ1) is 16.2. The number of carbonyl (C=O) groups excluding carboxylic acids is 1. The molecule has 0 aromatic carbocycles. The molecule has 0 N–H and O–H groups in total. The quantitative estimate of drug-likeness (QED) is 0.802. The molecule has 0 saturated carbocycles. The van der Waals surface area contributed by atoms with E-state index in [2.05, 4.69) is 33.0 Å².